The van der Waals surface area contributed by atoms with E-state index in [1.165, 1.54) is 17.2 Å². The molecule has 2 nitrogen and oxygen atoms in total. The molecule has 0 aromatic heterocycles. The average Bonchev–Trinajstić information content (AvgIpc) is 2.51. The zero-order valence-electron chi connectivity index (χ0n) is 12.4. The molecule has 1 unspecified atom stereocenters. The van der Waals surface area contributed by atoms with E-state index in [0.717, 1.165) is 30.7 Å². The molecule has 2 aromatic carbocycles. The number of halogens is 1. The van der Waals surface area contributed by atoms with E-state index in [9.17, 15) is 4.39 Å². The molecule has 0 amide bonds. The summed E-state index contributed by atoms with van der Waals surface area (Å²) in [5.41, 5.74) is 4.30. The van der Waals surface area contributed by atoms with Crippen molar-refractivity contribution in [1.82, 2.24) is 0 Å². The molecule has 0 heterocycles. The summed E-state index contributed by atoms with van der Waals surface area (Å²) in [7, 11) is 1.69. The number of methoxy groups -OCH3 is 1. The van der Waals surface area contributed by atoms with Crippen molar-refractivity contribution >= 4 is 5.69 Å². The number of aryl methyl sites for hydroxylation is 2. The van der Waals surface area contributed by atoms with Crippen molar-refractivity contribution in [3.8, 4) is 5.75 Å². The number of hydrogen-bond acceptors (Lipinski definition) is 2. The number of benzene rings is 2. The fraction of sp³-hybridized carbons (Fsp3) is 0.333. The lowest BCUT2D eigenvalue weighted by atomic mass is 9.87. The van der Waals surface area contributed by atoms with Gasteiger partial charge in [0.1, 0.15) is 11.6 Å². The minimum atomic E-state index is -0.161. The standard InChI is InChI=1S/C18H20FNO/c1-12-10-14(7-9-17(12)19)20-18-5-3-4-13-6-8-15(21-2)11-16(13)18/h6-11,18,20H,3-5H2,1-2H3. The van der Waals surface area contributed by atoms with Crippen LogP contribution in [0.25, 0.3) is 0 Å². The van der Waals surface area contributed by atoms with E-state index in [0.29, 0.717) is 5.56 Å². The maximum atomic E-state index is 13.4. The molecule has 0 fully saturated rings. The monoisotopic (exact) mass is 285 g/mol. The average molecular weight is 285 g/mol. The van der Waals surface area contributed by atoms with Gasteiger partial charge in [0.15, 0.2) is 0 Å². The Hall–Kier alpha value is -2.03. The van der Waals surface area contributed by atoms with E-state index in [-0.39, 0.29) is 11.9 Å². The van der Waals surface area contributed by atoms with Crippen LogP contribution in [0.4, 0.5) is 10.1 Å². The molecule has 1 aliphatic carbocycles. The van der Waals surface area contributed by atoms with Crippen molar-refractivity contribution in [2.45, 2.75) is 32.2 Å². The first-order chi connectivity index (χ1) is 10.2. The van der Waals surface area contributed by atoms with Crippen LogP contribution in [0.3, 0.4) is 0 Å². The lowest BCUT2D eigenvalue weighted by Crippen LogP contribution is -2.17. The molecule has 3 rings (SSSR count). The zero-order chi connectivity index (χ0) is 14.8. The SMILES string of the molecule is COc1ccc2c(c1)C(Nc1ccc(F)c(C)c1)CCC2. The molecule has 1 aliphatic rings. The van der Waals surface area contributed by atoms with Gasteiger partial charge in [-0.2, -0.15) is 0 Å². The Bertz CT molecular complexity index is 654. The van der Waals surface area contributed by atoms with E-state index in [4.69, 9.17) is 4.74 Å². The Kier molecular flexibility index (Phi) is 3.82. The summed E-state index contributed by atoms with van der Waals surface area (Å²) >= 11 is 0. The van der Waals surface area contributed by atoms with Gasteiger partial charge in [0.05, 0.1) is 13.2 Å². The smallest absolute Gasteiger partial charge is 0.126 e. The fourth-order valence-electron chi connectivity index (χ4n) is 2.99. The van der Waals surface area contributed by atoms with Gasteiger partial charge in [0.25, 0.3) is 0 Å². The Balaban J connectivity index is 1.88. The van der Waals surface area contributed by atoms with Crippen molar-refractivity contribution in [3.05, 3.63) is 58.9 Å². The second-order valence-electron chi connectivity index (χ2n) is 5.62. The summed E-state index contributed by atoms with van der Waals surface area (Å²) in [4.78, 5) is 0. The fourth-order valence-corrected chi connectivity index (χ4v) is 2.99. The van der Waals surface area contributed by atoms with E-state index in [1.54, 1.807) is 20.1 Å². The first kappa shape index (κ1) is 13.9. The Labute approximate surface area is 125 Å². The van der Waals surface area contributed by atoms with Gasteiger partial charge >= 0.3 is 0 Å². The van der Waals surface area contributed by atoms with Crippen LogP contribution >= 0.6 is 0 Å². The first-order valence-corrected chi connectivity index (χ1v) is 7.37. The molecule has 21 heavy (non-hydrogen) atoms. The van der Waals surface area contributed by atoms with Gasteiger partial charge in [0.2, 0.25) is 0 Å². The highest BCUT2D eigenvalue weighted by molar-refractivity contribution is 5.50. The van der Waals surface area contributed by atoms with Crippen molar-refractivity contribution in [2.75, 3.05) is 12.4 Å². The van der Waals surface area contributed by atoms with Crippen LogP contribution in [-0.4, -0.2) is 7.11 Å². The summed E-state index contributed by atoms with van der Waals surface area (Å²) < 4.78 is 18.7. The minimum absolute atomic E-state index is 0.161. The van der Waals surface area contributed by atoms with Crippen molar-refractivity contribution < 1.29 is 9.13 Å². The Morgan fingerprint density at radius 1 is 1.19 bits per heavy atom. The maximum absolute atomic E-state index is 13.4. The molecule has 0 saturated heterocycles. The third-order valence-electron chi connectivity index (χ3n) is 4.17. The third kappa shape index (κ3) is 2.87. The molecule has 2 aromatic rings. The molecule has 0 aliphatic heterocycles. The summed E-state index contributed by atoms with van der Waals surface area (Å²) in [5, 5.41) is 3.53. The number of nitrogens with one attached hydrogen (secondary N) is 1. The van der Waals surface area contributed by atoms with Crippen LogP contribution in [0.15, 0.2) is 36.4 Å². The molecular formula is C18H20FNO. The van der Waals surface area contributed by atoms with Crippen LogP contribution in [0, 0.1) is 12.7 Å². The van der Waals surface area contributed by atoms with E-state index in [2.05, 4.69) is 17.4 Å². The number of ether oxygens (including phenoxy) is 1. The van der Waals surface area contributed by atoms with Gasteiger partial charge in [-0.25, -0.2) is 4.39 Å². The van der Waals surface area contributed by atoms with Gasteiger partial charge in [-0.15, -0.1) is 0 Å². The molecule has 0 bridgehead atoms. The van der Waals surface area contributed by atoms with Gasteiger partial charge in [-0.3, -0.25) is 0 Å². The van der Waals surface area contributed by atoms with E-state index < -0.39 is 0 Å². The normalized spacial score (nSPS) is 17.2. The van der Waals surface area contributed by atoms with Gasteiger partial charge in [-0.05, 0) is 73.2 Å². The largest absolute Gasteiger partial charge is 0.497 e. The van der Waals surface area contributed by atoms with Crippen LogP contribution < -0.4 is 10.1 Å². The van der Waals surface area contributed by atoms with Gasteiger partial charge < -0.3 is 10.1 Å². The number of fused-ring (bicyclic) bond motifs is 1. The van der Waals surface area contributed by atoms with E-state index >= 15 is 0 Å². The second-order valence-corrected chi connectivity index (χ2v) is 5.62. The molecule has 1 N–H and O–H groups in total. The van der Waals surface area contributed by atoms with Crippen molar-refractivity contribution in [1.29, 1.82) is 0 Å². The lowest BCUT2D eigenvalue weighted by Gasteiger charge is -2.28. The lowest BCUT2D eigenvalue weighted by molar-refractivity contribution is 0.413. The predicted molar refractivity (Wildman–Crippen MR) is 83.4 cm³/mol. The highest BCUT2D eigenvalue weighted by atomic mass is 19.1. The number of rotatable bonds is 3. The molecule has 0 saturated carbocycles. The molecule has 110 valence electrons. The van der Waals surface area contributed by atoms with Crippen LogP contribution in [0.1, 0.15) is 35.6 Å². The molecule has 1 atom stereocenters. The van der Waals surface area contributed by atoms with Crippen molar-refractivity contribution in [2.24, 2.45) is 0 Å². The molecule has 0 radical (unpaired) electrons. The van der Waals surface area contributed by atoms with Gasteiger partial charge in [0, 0.05) is 5.69 Å². The molecule has 3 heteroatoms. The maximum Gasteiger partial charge on any atom is 0.126 e. The topological polar surface area (TPSA) is 21.3 Å². The summed E-state index contributed by atoms with van der Waals surface area (Å²) in [6.07, 6.45) is 3.35. The summed E-state index contributed by atoms with van der Waals surface area (Å²) in [5.74, 6) is 0.726. The highest BCUT2D eigenvalue weighted by Gasteiger charge is 2.20. The molecule has 0 spiro atoms. The quantitative estimate of drug-likeness (QED) is 0.887. The van der Waals surface area contributed by atoms with Crippen molar-refractivity contribution in [3.63, 3.8) is 0 Å². The summed E-state index contributed by atoms with van der Waals surface area (Å²) in [6.45, 7) is 1.79. The Morgan fingerprint density at radius 3 is 2.81 bits per heavy atom. The second kappa shape index (κ2) is 5.76. The number of hydrogen-bond donors (Lipinski definition) is 1. The van der Waals surface area contributed by atoms with Crippen LogP contribution in [-0.2, 0) is 6.42 Å². The third-order valence-corrected chi connectivity index (χ3v) is 4.17. The number of anilines is 1. The minimum Gasteiger partial charge on any atom is -0.497 e. The highest BCUT2D eigenvalue weighted by Crippen LogP contribution is 2.35. The van der Waals surface area contributed by atoms with Gasteiger partial charge in [-0.1, -0.05) is 6.07 Å². The summed E-state index contributed by atoms with van der Waals surface area (Å²) in [6, 6.07) is 11.7. The Morgan fingerprint density at radius 2 is 2.05 bits per heavy atom. The first-order valence-electron chi connectivity index (χ1n) is 7.37. The zero-order valence-corrected chi connectivity index (χ0v) is 12.4. The predicted octanol–water partition coefficient (Wildman–Crippen LogP) is 4.63. The van der Waals surface area contributed by atoms with E-state index in [1.807, 2.05) is 12.1 Å². The van der Waals surface area contributed by atoms with Crippen LogP contribution in [0.5, 0.6) is 5.75 Å². The van der Waals surface area contributed by atoms with Crippen LogP contribution in [0.2, 0.25) is 0 Å². The molecular weight excluding hydrogens is 265 g/mol.